The van der Waals surface area contributed by atoms with E-state index in [1.807, 2.05) is 6.92 Å². The van der Waals surface area contributed by atoms with Crippen molar-refractivity contribution in [1.29, 1.82) is 0 Å². The fraction of sp³-hybridized carbons (Fsp3) is 0.444. The first kappa shape index (κ1) is 16.0. The van der Waals surface area contributed by atoms with Gasteiger partial charge in [-0.1, -0.05) is 0 Å². The molecule has 2 heterocycles. The summed E-state index contributed by atoms with van der Waals surface area (Å²) in [4.78, 5) is 26.5. The van der Waals surface area contributed by atoms with Crippen molar-refractivity contribution in [3.8, 4) is 23.0 Å². The average molecular weight is 346 g/mol. The van der Waals surface area contributed by atoms with Crippen LogP contribution in [0.15, 0.2) is 11.1 Å². The van der Waals surface area contributed by atoms with Gasteiger partial charge in [0.1, 0.15) is 0 Å². The number of ether oxygens (including phenoxy) is 5. The summed E-state index contributed by atoms with van der Waals surface area (Å²) in [5.74, 6) is 0.425. The Morgan fingerprint density at radius 1 is 0.920 bits per heavy atom. The lowest BCUT2D eigenvalue weighted by Crippen LogP contribution is -2.36. The van der Waals surface area contributed by atoms with Crippen LogP contribution in [0.1, 0.15) is 41.0 Å². The second-order valence-corrected chi connectivity index (χ2v) is 6.22. The molecule has 0 amide bonds. The Balaban J connectivity index is 2.04. The number of rotatable bonds is 2. The highest BCUT2D eigenvalue weighted by atomic mass is 16.7. The van der Waals surface area contributed by atoms with Crippen molar-refractivity contribution in [3.05, 3.63) is 22.3 Å². The highest BCUT2D eigenvalue weighted by molar-refractivity contribution is 6.30. The number of hydrogen-bond donors (Lipinski definition) is 0. The molecule has 0 spiro atoms. The standard InChI is InChI=1S/C18H18O7/c1-7-5-9-10(8(2)25-7)14(20)12-11(13(9)19)15(21-3)17-18(16(12)22-4)24-6-23-17/h7-8H,5-6H2,1-4H3. The van der Waals surface area contributed by atoms with E-state index in [0.717, 1.165) is 0 Å². The smallest absolute Gasteiger partial charge is 0.231 e. The topological polar surface area (TPSA) is 80.3 Å². The highest BCUT2D eigenvalue weighted by Crippen LogP contribution is 2.55. The van der Waals surface area contributed by atoms with Gasteiger partial charge in [-0.2, -0.15) is 0 Å². The minimum Gasteiger partial charge on any atom is -0.492 e. The second kappa shape index (κ2) is 5.49. The number of carbonyl (C=O) groups excluding carboxylic acids is 2. The van der Waals surface area contributed by atoms with Crippen molar-refractivity contribution < 1.29 is 33.3 Å². The van der Waals surface area contributed by atoms with Gasteiger partial charge >= 0.3 is 0 Å². The molecule has 0 saturated heterocycles. The number of carbonyl (C=O) groups is 2. The maximum absolute atomic E-state index is 13.2. The summed E-state index contributed by atoms with van der Waals surface area (Å²) in [7, 11) is 2.86. The molecule has 1 aromatic carbocycles. The van der Waals surface area contributed by atoms with Gasteiger partial charge in [-0.25, -0.2) is 0 Å². The van der Waals surface area contributed by atoms with Crippen molar-refractivity contribution in [1.82, 2.24) is 0 Å². The fourth-order valence-corrected chi connectivity index (χ4v) is 3.82. The third-order valence-electron chi connectivity index (χ3n) is 4.77. The van der Waals surface area contributed by atoms with Crippen molar-refractivity contribution in [3.63, 3.8) is 0 Å². The number of ketones is 2. The summed E-state index contributed by atoms with van der Waals surface area (Å²) < 4.78 is 27.5. The van der Waals surface area contributed by atoms with Gasteiger partial charge in [-0.3, -0.25) is 9.59 Å². The molecule has 2 atom stereocenters. The monoisotopic (exact) mass is 346 g/mol. The summed E-state index contributed by atoms with van der Waals surface area (Å²) in [6, 6.07) is 0. The van der Waals surface area contributed by atoms with E-state index in [-0.39, 0.29) is 58.6 Å². The van der Waals surface area contributed by atoms with E-state index in [1.165, 1.54) is 14.2 Å². The van der Waals surface area contributed by atoms with Crippen LogP contribution in [-0.2, 0) is 4.74 Å². The molecule has 7 heteroatoms. The highest BCUT2D eigenvalue weighted by Gasteiger charge is 2.45. The number of methoxy groups -OCH3 is 2. The van der Waals surface area contributed by atoms with Crippen LogP contribution >= 0.6 is 0 Å². The molecular formula is C18H18O7. The molecule has 0 bridgehead atoms. The predicted molar refractivity (Wildman–Crippen MR) is 86.0 cm³/mol. The molecule has 2 aliphatic heterocycles. The van der Waals surface area contributed by atoms with E-state index in [1.54, 1.807) is 6.92 Å². The van der Waals surface area contributed by atoms with Crippen molar-refractivity contribution in [2.75, 3.05) is 21.0 Å². The van der Waals surface area contributed by atoms with Gasteiger partial charge in [0.15, 0.2) is 23.1 Å². The maximum atomic E-state index is 13.2. The van der Waals surface area contributed by atoms with E-state index in [9.17, 15) is 9.59 Å². The Hall–Kier alpha value is -2.54. The average Bonchev–Trinajstić information content (AvgIpc) is 3.06. The van der Waals surface area contributed by atoms with Crippen molar-refractivity contribution in [2.45, 2.75) is 32.5 Å². The van der Waals surface area contributed by atoms with Gasteiger partial charge in [-0.05, 0) is 13.8 Å². The summed E-state index contributed by atoms with van der Waals surface area (Å²) in [6.45, 7) is 3.62. The summed E-state index contributed by atoms with van der Waals surface area (Å²) >= 11 is 0. The Morgan fingerprint density at radius 2 is 1.48 bits per heavy atom. The molecule has 0 saturated carbocycles. The van der Waals surface area contributed by atoms with E-state index in [4.69, 9.17) is 23.7 Å². The van der Waals surface area contributed by atoms with Crippen LogP contribution in [-0.4, -0.2) is 44.8 Å². The molecule has 0 N–H and O–H groups in total. The fourth-order valence-electron chi connectivity index (χ4n) is 3.82. The van der Waals surface area contributed by atoms with Crippen LogP contribution in [0.5, 0.6) is 23.0 Å². The van der Waals surface area contributed by atoms with E-state index < -0.39 is 6.10 Å². The third-order valence-corrected chi connectivity index (χ3v) is 4.77. The van der Waals surface area contributed by atoms with E-state index in [2.05, 4.69) is 0 Å². The van der Waals surface area contributed by atoms with Crippen LogP contribution in [0.3, 0.4) is 0 Å². The lowest BCUT2D eigenvalue weighted by Gasteiger charge is -2.33. The molecule has 4 rings (SSSR count). The maximum Gasteiger partial charge on any atom is 0.231 e. The van der Waals surface area contributed by atoms with Crippen LogP contribution in [0.4, 0.5) is 0 Å². The Morgan fingerprint density at radius 3 is 2.04 bits per heavy atom. The van der Waals surface area contributed by atoms with Gasteiger partial charge in [0, 0.05) is 17.6 Å². The summed E-state index contributed by atoms with van der Waals surface area (Å²) in [5, 5.41) is 0. The molecule has 7 nitrogen and oxygen atoms in total. The zero-order valence-corrected chi connectivity index (χ0v) is 14.4. The third kappa shape index (κ3) is 2.02. The Kier molecular flexibility index (Phi) is 3.50. The van der Waals surface area contributed by atoms with Gasteiger partial charge in [0.05, 0.1) is 37.6 Å². The molecule has 3 aliphatic rings. The van der Waals surface area contributed by atoms with Gasteiger partial charge in [0.2, 0.25) is 18.3 Å². The number of fused-ring (bicyclic) bond motifs is 2. The number of benzene rings is 1. The molecule has 0 fully saturated rings. The quantitative estimate of drug-likeness (QED) is 0.813. The van der Waals surface area contributed by atoms with Crippen LogP contribution in [0, 0.1) is 0 Å². The van der Waals surface area contributed by atoms with Crippen LogP contribution in [0.2, 0.25) is 0 Å². The molecule has 1 aromatic rings. The molecular weight excluding hydrogens is 328 g/mol. The minimum atomic E-state index is -0.468. The normalized spacial score (nSPS) is 24.2. The first-order valence-electron chi connectivity index (χ1n) is 8.05. The first-order valence-corrected chi connectivity index (χ1v) is 8.05. The van der Waals surface area contributed by atoms with Gasteiger partial charge in [-0.15, -0.1) is 0 Å². The first-order chi connectivity index (χ1) is 12.0. The summed E-state index contributed by atoms with van der Waals surface area (Å²) in [5.41, 5.74) is 1.18. The van der Waals surface area contributed by atoms with E-state index >= 15 is 0 Å². The lowest BCUT2D eigenvalue weighted by molar-refractivity contribution is 0.0148. The SMILES string of the molecule is COc1c2c(c(OC)c3c1C(=O)C1=C(C3=O)C(C)OC(C)C1)OCO2. The van der Waals surface area contributed by atoms with Gasteiger partial charge in [0.25, 0.3) is 0 Å². The van der Waals surface area contributed by atoms with Crippen molar-refractivity contribution >= 4 is 11.6 Å². The Labute approximate surface area is 144 Å². The van der Waals surface area contributed by atoms with Crippen LogP contribution < -0.4 is 18.9 Å². The molecule has 1 aliphatic carbocycles. The van der Waals surface area contributed by atoms with E-state index in [0.29, 0.717) is 17.6 Å². The predicted octanol–water partition coefficient (Wildman–Crippen LogP) is 2.31. The zero-order chi connectivity index (χ0) is 17.9. The molecule has 25 heavy (non-hydrogen) atoms. The second-order valence-electron chi connectivity index (χ2n) is 6.22. The Bertz CT molecular complexity index is 837. The molecule has 0 aromatic heterocycles. The van der Waals surface area contributed by atoms with Crippen molar-refractivity contribution in [2.24, 2.45) is 0 Å². The largest absolute Gasteiger partial charge is 0.492 e. The molecule has 2 unspecified atom stereocenters. The minimum absolute atomic E-state index is 0.0307. The lowest BCUT2D eigenvalue weighted by atomic mass is 9.77. The molecule has 132 valence electrons. The van der Waals surface area contributed by atoms with Gasteiger partial charge < -0.3 is 23.7 Å². The molecule has 0 radical (unpaired) electrons. The number of Topliss-reactive ketones (excluding diaryl/α,β-unsaturated/α-hetero) is 2. The number of hydrogen-bond acceptors (Lipinski definition) is 7. The van der Waals surface area contributed by atoms with Crippen LogP contribution in [0.25, 0.3) is 0 Å². The zero-order valence-electron chi connectivity index (χ0n) is 14.4. The summed E-state index contributed by atoms with van der Waals surface area (Å²) in [6.07, 6.45) is -0.234.